The highest BCUT2D eigenvalue weighted by Gasteiger charge is 2.07. The normalized spacial score (nSPS) is 10.8. The van der Waals surface area contributed by atoms with Crippen LogP contribution in [0.3, 0.4) is 0 Å². The molecule has 0 atom stereocenters. The van der Waals surface area contributed by atoms with Gasteiger partial charge in [0.15, 0.2) is 0 Å². The van der Waals surface area contributed by atoms with E-state index in [2.05, 4.69) is 19.9 Å². The third-order valence-electron chi connectivity index (χ3n) is 2.53. The Morgan fingerprint density at radius 1 is 1.35 bits per heavy atom. The quantitative estimate of drug-likeness (QED) is 0.868. The Hall–Kier alpha value is -1.40. The second-order valence-corrected chi connectivity index (χ2v) is 5.01. The SMILES string of the molecule is CN(C)c1ncc(CNCc2nccs2)n1C. The highest BCUT2D eigenvalue weighted by atomic mass is 32.1. The fourth-order valence-corrected chi connectivity index (χ4v) is 2.24. The minimum Gasteiger partial charge on any atom is -0.348 e. The van der Waals surface area contributed by atoms with Crippen molar-refractivity contribution < 1.29 is 0 Å². The predicted molar refractivity (Wildman–Crippen MR) is 70.2 cm³/mol. The molecular weight excluding hydrogens is 234 g/mol. The van der Waals surface area contributed by atoms with E-state index >= 15 is 0 Å². The van der Waals surface area contributed by atoms with E-state index in [1.165, 1.54) is 5.69 Å². The van der Waals surface area contributed by atoms with Crippen molar-refractivity contribution in [3.63, 3.8) is 0 Å². The number of nitrogens with zero attached hydrogens (tertiary/aromatic N) is 4. The van der Waals surface area contributed by atoms with Crippen LogP contribution in [0.4, 0.5) is 5.95 Å². The van der Waals surface area contributed by atoms with Crippen molar-refractivity contribution >= 4 is 17.3 Å². The largest absolute Gasteiger partial charge is 0.348 e. The Kier molecular flexibility index (Phi) is 3.75. The Morgan fingerprint density at radius 3 is 2.76 bits per heavy atom. The maximum absolute atomic E-state index is 4.37. The van der Waals surface area contributed by atoms with Crippen molar-refractivity contribution in [1.82, 2.24) is 19.9 Å². The monoisotopic (exact) mass is 251 g/mol. The number of thiazole rings is 1. The second kappa shape index (κ2) is 5.29. The molecule has 0 saturated heterocycles. The third-order valence-corrected chi connectivity index (χ3v) is 3.31. The predicted octanol–water partition coefficient (Wildman–Crippen LogP) is 1.23. The number of hydrogen-bond donors (Lipinski definition) is 1. The van der Waals surface area contributed by atoms with Gasteiger partial charge in [-0.3, -0.25) is 0 Å². The number of imidazole rings is 1. The van der Waals surface area contributed by atoms with E-state index in [1.54, 1.807) is 11.3 Å². The van der Waals surface area contributed by atoms with Crippen LogP contribution in [0.25, 0.3) is 0 Å². The molecule has 0 bridgehead atoms. The molecule has 0 unspecified atom stereocenters. The van der Waals surface area contributed by atoms with Gasteiger partial charge in [-0.05, 0) is 0 Å². The van der Waals surface area contributed by atoms with E-state index in [1.807, 2.05) is 43.8 Å². The van der Waals surface area contributed by atoms with Crippen molar-refractivity contribution in [3.05, 3.63) is 28.5 Å². The maximum atomic E-state index is 4.37. The van der Waals surface area contributed by atoms with Gasteiger partial charge in [-0.25, -0.2) is 9.97 Å². The summed E-state index contributed by atoms with van der Waals surface area (Å²) in [7, 11) is 6.02. The average molecular weight is 251 g/mol. The van der Waals surface area contributed by atoms with E-state index in [9.17, 15) is 0 Å². The molecule has 0 aromatic carbocycles. The number of rotatable bonds is 5. The third kappa shape index (κ3) is 2.83. The van der Waals surface area contributed by atoms with E-state index in [0.717, 1.165) is 24.0 Å². The molecule has 0 radical (unpaired) electrons. The molecule has 2 aromatic rings. The second-order valence-electron chi connectivity index (χ2n) is 4.03. The minimum atomic E-state index is 0.803. The lowest BCUT2D eigenvalue weighted by molar-refractivity contribution is 0.652. The van der Waals surface area contributed by atoms with Crippen LogP contribution in [0.1, 0.15) is 10.7 Å². The molecule has 0 fully saturated rings. The Labute approximate surface area is 105 Å². The zero-order chi connectivity index (χ0) is 12.3. The number of anilines is 1. The first kappa shape index (κ1) is 12.1. The maximum Gasteiger partial charge on any atom is 0.204 e. The van der Waals surface area contributed by atoms with Crippen LogP contribution in [-0.4, -0.2) is 28.6 Å². The molecule has 0 amide bonds. The van der Waals surface area contributed by atoms with E-state index in [-0.39, 0.29) is 0 Å². The van der Waals surface area contributed by atoms with Gasteiger partial charge in [0.1, 0.15) is 5.01 Å². The summed E-state index contributed by atoms with van der Waals surface area (Å²) in [5, 5.41) is 6.47. The van der Waals surface area contributed by atoms with E-state index in [0.29, 0.717) is 0 Å². The topological polar surface area (TPSA) is 46.0 Å². The highest BCUT2D eigenvalue weighted by molar-refractivity contribution is 7.09. The highest BCUT2D eigenvalue weighted by Crippen LogP contribution is 2.11. The Morgan fingerprint density at radius 2 is 2.18 bits per heavy atom. The summed E-state index contributed by atoms with van der Waals surface area (Å²) in [4.78, 5) is 10.6. The molecular formula is C11H17N5S. The van der Waals surface area contributed by atoms with Crippen LogP contribution in [-0.2, 0) is 20.1 Å². The first-order valence-electron chi connectivity index (χ1n) is 5.45. The molecule has 0 spiro atoms. The van der Waals surface area contributed by atoms with Gasteiger partial charge in [-0.1, -0.05) is 0 Å². The van der Waals surface area contributed by atoms with Gasteiger partial charge in [0.25, 0.3) is 0 Å². The summed E-state index contributed by atoms with van der Waals surface area (Å²) in [5.41, 5.74) is 1.17. The molecule has 1 N–H and O–H groups in total. The lowest BCUT2D eigenvalue weighted by Gasteiger charge is -2.12. The number of aromatic nitrogens is 3. The first-order chi connectivity index (χ1) is 8.18. The molecule has 0 aliphatic carbocycles. The molecule has 5 nitrogen and oxygen atoms in total. The lowest BCUT2D eigenvalue weighted by Crippen LogP contribution is -2.18. The summed E-state index contributed by atoms with van der Waals surface area (Å²) in [6, 6.07) is 0. The molecule has 2 heterocycles. The lowest BCUT2D eigenvalue weighted by atomic mass is 10.4. The van der Waals surface area contributed by atoms with Gasteiger partial charge in [-0.15, -0.1) is 11.3 Å². The minimum absolute atomic E-state index is 0.803. The van der Waals surface area contributed by atoms with Gasteiger partial charge in [0.2, 0.25) is 5.95 Å². The van der Waals surface area contributed by atoms with Gasteiger partial charge < -0.3 is 14.8 Å². The van der Waals surface area contributed by atoms with Gasteiger partial charge in [-0.2, -0.15) is 0 Å². The molecule has 0 saturated carbocycles. The Bertz CT molecular complexity index is 460. The summed E-state index contributed by atoms with van der Waals surface area (Å²) < 4.78 is 2.09. The van der Waals surface area contributed by atoms with Crippen LogP contribution < -0.4 is 10.2 Å². The van der Waals surface area contributed by atoms with Gasteiger partial charge in [0, 0.05) is 45.8 Å². The first-order valence-corrected chi connectivity index (χ1v) is 6.33. The molecule has 0 aliphatic rings. The van der Waals surface area contributed by atoms with Crippen molar-refractivity contribution in [2.24, 2.45) is 7.05 Å². The van der Waals surface area contributed by atoms with Crippen molar-refractivity contribution in [1.29, 1.82) is 0 Å². The zero-order valence-electron chi connectivity index (χ0n) is 10.3. The average Bonchev–Trinajstić information content (AvgIpc) is 2.89. The van der Waals surface area contributed by atoms with Crippen LogP contribution in [0, 0.1) is 0 Å². The zero-order valence-corrected chi connectivity index (χ0v) is 11.2. The number of nitrogens with one attached hydrogen (secondary N) is 1. The molecule has 2 aromatic heterocycles. The van der Waals surface area contributed by atoms with Gasteiger partial charge >= 0.3 is 0 Å². The molecule has 0 aliphatic heterocycles. The fourth-order valence-electron chi connectivity index (χ4n) is 1.65. The summed E-state index contributed by atoms with van der Waals surface area (Å²) >= 11 is 1.67. The summed E-state index contributed by atoms with van der Waals surface area (Å²) in [5.74, 6) is 0.969. The van der Waals surface area contributed by atoms with Crippen LogP contribution >= 0.6 is 11.3 Å². The fraction of sp³-hybridized carbons (Fsp3) is 0.455. The van der Waals surface area contributed by atoms with Crippen LogP contribution in [0.15, 0.2) is 17.8 Å². The Balaban J connectivity index is 1.91. The standard InChI is InChI=1S/C11H17N5S/c1-15(2)11-14-7-9(16(11)3)6-12-8-10-13-4-5-17-10/h4-5,7,12H,6,8H2,1-3H3. The summed E-state index contributed by atoms with van der Waals surface area (Å²) in [6.45, 7) is 1.61. The van der Waals surface area contributed by atoms with Crippen molar-refractivity contribution in [3.8, 4) is 0 Å². The number of hydrogen-bond acceptors (Lipinski definition) is 5. The van der Waals surface area contributed by atoms with E-state index < -0.39 is 0 Å². The van der Waals surface area contributed by atoms with Crippen molar-refractivity contribution in [2.75, 3.05) is 19.0 Å². The molecule has 2 rings (SSSR count). The molecule has 6 heteroatoms. The van der Waals surface area contributed by atoms with E-state index in [4.69, 9.17) is 0 Å². The van der Waals surface area contributed by atoms with Crippen LogP contribution in [0.5, 0.6) is 0 Å². The van der Waals surface area contributed by atoms with Gasteiger partial charge in [0.05, 0.1) is 11.9 Å². The molecule has 92 valence electrons. The smallest absolute Gasteiger partial charge is 0.204 e. The van der Waals surface area contributed by atoms with Crippen LogP contribution in [0.2, 0.25) is 0 Å². The van der Waals surface area contributed by atoms with Crippen molar-refractivity contribution in [2.45, 2.75) is 13.1 Å². The molecule has 17 heavy (non-hydrogen) atoms. The summed E-state index contributed by atoms with van der Waals surface area (Å²) in [6.07, 6.45) is 3.74.